The number of carbonyl (C=O) groups excluding carboxylic acids is 1. The molecule has 0 bridgehead atoms. The van der Waals surface area contributed by atoms with E-state index in [1.165, 1.54) is 36.4 Å². The van der Waals surface area contributed by atoms with Gasteiger partial charge in [0.05, 0.1) is 18.2 Å². The van der Waals surface area contributed by atoms with Crippen molar-refractivity contribution in [2.75, 3.05) is 7.11 Å². The van der Waals surface area contributed by atoms with Gasteiger partial charge in [0.15, 0.2) is 5.76 Å². The predicted octanol–water partition coefficient (Wildman–Crippen LogP) is 4.04. The van der Waals surface area contributed by atoms with Gasteiger partial charge in [0.2, 0.25) is 5.78 Å². The molecule has 1 aliphatic rings. The first-order chi connectivity index (χ1) is 11.3. The van der Waals surface area contributed by atoms with Gasteiger partial charge < -0.3 is 14.6 Å². The summed E-state index contributed by atoms with van der Waals surface area (Å²) in [5.41, 5.74) is -0.563. The standard InChI is InChI=1S/C17H11F3O4/c1-23-13-5-2-9(6-12(13)17(18,19)20)7-15-16(22)11-4-3-10(21)8-14(11)24-15/h2-8,21H,1H3/b15-7-. The maximum atomic E-state index is 13.0. The Bertz CT molecular complexity index is 853. The van der Waals surface area contributed by atoms with Crippen molar-refractivity contribution in [2.24, 2.45) is 0 Å². The first-order valence-corrected chi connectivity index (χ1v) is 6.82. The van der Waals surface area contributed by atoms with Crippen molar-refractivity contribution in [2.45, 2.75) is 6.18 Å². The monoisotopic (exact) mass is 336 g/mol. The molecule has 0 aliphatic carbocycles. The van der Waals surface area contributed by atoms with Crippen LogP contribution < -0.4 is 9.47 Å². The molecule has 24 heavy (non-hydrogen) atoms. The van der Waals surface area contributed by atoms with E-state index >= 15 is 0 Å². The molecule has 0 amide bonds. The second kappa shape index (κ2) is 5.59. The Hall–Kier alpha value is -2.96. The molecule has 0 fully saturated rings. The number of hydrogen-bond acceptors (Lipinski definition) is 4. The molecule has 0 unspecified atom stereocenters. The molecule has 0 radical (unpaired) electrons. The maximum absolute atomic E-state index is 13.0. The van der Waals surface area contributed by atoms with Crippen LogP contribution in [0.2, 0.25) is 0 Å². The lowest BCUT2D eigenvalue weighted by Crippen LogP contribution is -2.08. The van der Waals surface area contributed by atoms with E-state index in [9.17, 15) is 23.1 Å². The van der Waals surface area contributed by atoms with Gasteiger partial charge in [-0.15, -0.1) is 0 Å². The Kier molecular flexibility index (Phi) is 3.71. The van der Waals surface area contributed by atoms with Crippen molar-refractivity contribution in [3.63, 3.8) is 0 Å². The minimum Gasteiger partial charge on any atom is -0.508 e. The number of phenolic OH excluding ortho intramolecular Hbond substituents is 1. The number of fused-ring (bicyclic) bond motifs is 1. The minimum absolute atomic E-state index is 0.0772. The van der Waals surface area contributed by atoms with Gasteiger partial charge in [-0.1, -0.05) is 6.07 Å². The van der Waals surface area contributed by atoms with E-state index in [1.807, 2.05) is 0 Å². The largest absolute Gasteiger partial charge is 0.508 e. The average Bonchev–Trinajstić information content (AvgIpc) is 2.82. The van der Waals surface area contributed by atoms with Gasteiger partial charge >= 0.3 is 6.18 Å². The van der Waals surface area contributed by atoms with Crippen LogP contribution in [0.4, 0.5) is 13.2 Å². The molecule has 124 valence electrons. The lowest BCUT2D eigenvalue weighted by molar-refractivity contribution is -0.138. The van der Waals surface area contributed by atoms with E-state index in [4.69, 9.17) is 9.47 Å². The van der Waals surface area contributed by atoms with Crippen LogP contribution in [0.3, 0.4) is 0 Å². The van der Waals surface area contributed by atoms with Crippen LogP contribution in [0.1, 0.15) is 21.5 Å². The van der Waals surface area contributed by atoms with E-state index in [2.05, 4.69) is 0 Å². The Morgan fingerprint density at radius 1 is 1.17 bits per heavy atom. The van der Waals surface area contributed by atoms with Crippen LogP contribution in [-0.2, 0) is 6.18 Å². The number of ether oxygens (including phenoxy) is 2. The number of benzene rings is 2. The first-order valence-electron chi connectivity index (χ1n) is 6.82. The van der Waals surface area contributed by atoms with Crippen molar-refractivity contribution in [1.29, 1.82) is 0 Å². The topological polar surface area (TPSA) is 55.8 Å². The molecule has 3 rings (SSSR count). The quantitative estimate of drug-likeness (QED) is 0.841. The van der Waals surface area contributed by atoms with Crippen LogP contribution in [0.25, 0.3) is 6.08 Å². The molecule has 7 heteroatoms. The van der Waals surface area contributed by atoms with Crippen molar-refractivity contribution in [3.8, 4) is 17.2 Å². The van der Waals surface area contributed by atoms with E-state index in [0.29, 0.717) is 0 Å². The van der Waals surface area contributed by atoms with Crippen LogP contribution >= 0.6 is 0 Å². The summed E-state index contributed by atoms with van der Waals surface area (Å²) in [4.78, 5) is 12.2. The number of ketones is 1. The summed E-state index contributed by atoms with van der Waals surface area (Å²) in [5.74, 6) is -0.804. The molecule has 4 nitrogen and oxygen atoms in total. The summed E-state index contributed by atoms with van der Waals surface area (Å²) >= 11 is 0. The fraction of sp³-hybridized carbons (Fsp3) is 0.118. The smallest absolute Gasteiger partial charge is 0.419 e. The highest BCUT2D eigenvalue weighted by molar-refractivity contribution is 6.14. The summed E-state index contributed by atoms with van der Waals surface area (Å²) in [6.07, 6.45) is -3.37. The number of Topliss-reactive ketones (excluding diaryl/α,β-unsaturated/α-hetero) is 1. The number of methoxy groups -OCH3 is 1. The third-order valence-electron chi connectivity index (χ3n) is 3.48. The maximum Gasteiger partial charge on any atom is 0.419 e. The zero-order valence-electron chi connectivity index (χ0n) is 12.3. The highest BCUT2D eigenvalue weighted by atomic mass is 19.4. The summed E-state index contributed by atoms with van der Waals surface area (Å²) in [6.45, 7) is 0. The molecule has 0 atom stereocenters. The van der Waals surface area contributed by atoms with Gasteiger partial charge in [-0.3, -0.25) is 4.79 Å². The molecule has 1 heterocycles. The van der Waals surface area contributed by atoms with E-state index < -0.39 is 17.5 Å². The molecule has 1 aliphatic heterocycles. The number of hydrogen-bond donors (Lipinski definition) is 1. The summed E-state index contributed by atoms with van der Waals surface area (Å²) < 4.78 is 49.2. The fourth-order valence-electron chi connectivity index (χ4n) is 2.36. The third-order valence-corrected chi connectivity index (χ3v) is 3.48. The number of aromatic hydroxyl groups is 1. The number of allylic oxidation sites excluding steroid dienone is 1. The van der Waals surface area contributed by atoms with E-state index in [1.54, 1.807) is 0 Å². The summed E-state index contributed by atoms with van der Waals surface area (Å²) in [6, 6.07) is 7.43. The van der Waals surface area contributed by atoms with Gasteiger partial charge in [0.1, 0.15) is 17.2 Å². The van der Waals surface area contributed by atoms with E-state index in [0.717, 1.165) is 13.2 Å². The Morgan fingerprint density at radius 2 is 1.92 bits per heavy atom. The fourth-order valence-corrected chi connectivity index (χ4v) is 2.36. The molecule has 0 spiro atoms. The van der Waals surface area contributed by atoms with Crippen LogP contribution in [0.5, 0.6) is 17.2 Å². The van der Waals surface area contributed by atoms with Crippen molar-refractivity contribution >= 4 is 11.9 Å². The molecular weight excluding hydrogens is 325 g/mol. The average molecular weight is 336 g/mol. The summed E-state index contributed by atoms with van der Waals surface area (Å²) in [7, 11) is 1.15. The minimum atomic E-state index is -4.59. The Morgan fingerprint density at radius 3 is 2.58 bits per heavy atom. The molecule has 2 aromatic rings. The van der Waals surface area contributed by atoms with Crippen molar-refractivity contribution in [1.82, 2.24) is 0 Å². The molecule has 0 aromatic heterocycles. The van der Waals surface area contributed by atoms with Gasteiger partial charge in [-0.2, -0.15) is 13.2 Å². The second-order valence-electron chi connectivity index (χ2n) is 5.08. The van der Waals surface area contributed by atoms with Crippen LogP contribution in [-0.4, -0.2) is 18.0 Å². The molecule has 0 saturated heterocycles. The number of carbonyl (C=O) groups is 1. The third kappa shape index (κ3) is 2.80. The zero-order chi connectivity index (χ0) is 17.5. The second-order valence-corrected chi connectivity index (χ2v) is 5.08. The van der Waals surface area contributed by atoms with Gasteiger partial charge in [0, 0.05) is 6.07 Å². The lowest BCUT2D eigenvalue weighted by Gasteiger charge is -2.12. The first kappa shape index (κ1) is 15.9. The molecule has 1 N–H and O–H groups in total. The number of halogens is 3. The van der Waals surface area contributed by atoms with Gasteiger partial charge in [-0.05, 0) is 35.9 Å². The predicted molar refractivity (Wildman–Crippen MR) is 79.0 cm³/mol. The van der Waals surface area contributed by atoms with Crippen LogP contribution in [0.15, 0.2) is 42.2 Å². The Balaban J connectivity index is 2.00. The molecule has 0 saturated carbocycles. The highest BCUT2D eigenvalue weighted by Gasteiger charge is 2.34. The number of rotatable bonds is 2. The molecule has 2 aromatic carbocycles. The van der Waals surface area contributed by atoms with Crippen molar-refractivity contribution in [3.05, 3.63) is 58.8 Å². The SMILES string of the molecule is COc1ccc(/C=C2\Oc3cc(O)ccc3C2=O)cc1C(F)(F)F. The number of alkyl halides is 3. The lowest BCUT2D eigenvalue weighted by atomic mass is 10.1. The molecular formula is C17H11F3O4. The van der Waals surface area contributed by atoms with E-state index in [-0.39, 0.29) is 34.1 Å². The number of phenols is 1. The van der Waals surface area contributed by atoms with Gasteiger partial charge in [-0.25, -0.2) is 0 Å². The zero-order valence-corrected chi connectivity index (χ0v) is 12.3. The highest BCUT2D eigenvalue weighted by Crippen LogP contribution is 2.38. The van der Waals surface area contributed by atoms with Crippen LogP contribution in [0, 0.1) is 0 Å². The summed E-state index contributed by atoms with van der Waals surface area (Å²) in [5, 5.41) is 9.39. The normalized spacial score (nSPS) is 15.3. The van der Waals surface area contributed by atoms with Crippen molar-refractivity contribution < 1.29 is 32.5 Å². The Labute approximate surface area is 134 Å². The van der Waals surface area contributed by atoms with Gasteiger partial charge in [0.25, 0.3) is 0 Å².